The summed E-state index contributed by atoms with van der Waals surface area (Å²) >= 11 is 2.72. The average molecular weight is 417 g/mol. The Labute approximate surface area is 173 Å². The summed E-state index contributed by atoms with van der Waals surface area (Å²) in [6.45, 7) is 11.2. The first-order valence-corrected chi connectivity index (χ1v) is 10.8. The molecule has 1 amide bonds. The highest BCUT2D eigenvalue weighted by molar-refractivity contribution is 7.99. The minimum absolute atomic E-state index is 0.108. The van der Waals surface area contributed by atoms with Crippen LogP contribution in [0.4, 0.5) is 5.13 Å². The first-order valence-electron chi connectivity index (χ1n) is 9.05. The zero-order valence-electron chi connectivity index (χ0n) is 16.7. The second-order valence-corrected chi connectivity index (χ2v) is 9.47. The zero-order chi connectivity index (χ0) is 20.3. The van der Waals surface area contributed by atoms with Crippen molar-refractivity contribution in [2.75, 3.05) is 11.1 Å². The summed E-state index contributed by atoms with van der Waals surface area (Å²) < 4.78 is 2.03. The van der Waals surface area contributed by atoms with Crippen LogP contribution < -0.4 is 5.32 Å². The molecule has 3 rings (SSSR count). The third kappa shape index (κ3) is 4.77. The molecule has 1 N–H and O–H groups in total. The molecule has 0 spiro atoms. The second-order valence-electron chi connectivity index (χ2n) is 7.34. The van der Waals surface area contributed by atoms with Crippen molar-refractivity contribution < 1.29 is 4.79 Å². The van der Waals surface area contributed by atoms with Crippen molar-refractivity contribution in [2.45, 2.75) is 51.7 Å². The summed E-state index contributed by atoms with van der Waals surface area (Å²) in [4.78, 5) is 12.2. The molecular weight excluding hydrogens is 392 g/mol. The summed E-state index contributed by atoms with van der Waals surface area (Å²) in [6, 6.07) is 8.42. The van der Waals surface area contributed by atoms with Crippen molar-refractivity contribution in [3.63, 3.8) is 0 Å². The van der Waals surface area contributed by atoms with E-state index in [2.05, 4.69) is 70.7 Å². The number of hydrogen-bond donors (Lipinski definition) is 1. The summed E-state index contributed by atoms with van der Waals surface area (Å²) in [5.74, 6) is 0.910. The monoisotopic (exact) mass is 416 g/mol. The number of carbonyl (C=O) groups is 1. The maximum atomic E-state index is 12.2. The summed E-state index contributed by atoms with van der Waals surface area (Å²) in [5, 5.41) is 21.3. The lowest BCUT2D eigenvalue weighted by Crippen LogP contribution is -2.14. The van der Waals surface area contributed by atoms with Gasteiger partial charge in [0, 0.05) is 12.1 Å². The van der Waals surface area contributed by atoms with Gasteiger partial charge in [-0.05, 0) is 24.8 Å². The van der Waals surface area contributed by atoms with Crippen LogP contribution in [0.25, 0.3) is 11.4 Å². The number of anilines is 1. The van der Waals surface area contributed by atoms with Gasteiger partial charge in [0.25, 0.3) is 0 Å². The molecule has 0 bridgehead atoms. The van der Waals surface area contributed by atoms with Crippen molar-refractivity contribution in [2.24, 2.45) is 0 Å². The van der Waals surface area contributed by atoms with Crippen LogP contribution in [0.5, 0.6) is 0 Å². The fourth-order valence-electron chi connectivity index (χ4n) is 2.65. The smallest absolute Gasteiger partial charge is 0.236 e. The van der Waals surface area contributed by atoms with Crippen LogP contribution in [-0.4, -0.2) is 36.6 Å². The molecule has 0 aliphatic heterocycles. The summed E-state index contributed by atoms with van der Waals surface area (Å²) in [6.07, 6.45) is 0. The number of nitrogens with one attached hydrogen (secondary N) is 1. The molecule has 0 aliphatic rings. The van der Waals surface area contributed by atoms with Crippen LogP contribution in [0.3, 0.4) is 0 Å². The second kappa shape index (κ2) is 8.40. The number of aryl methyl sites for hydroxylation is 1. The molecule has 7 nitrogen and oxygen atoms in total. The Bertz CT molecular complexity index is 956. The SMILES string of the molecule is CCn1c(SCC(=O)Nc2nnc(C)s2)nnc1-c1ccc(C(C)(C)C)cc1. The van der Waals surface area contributed by atoms with Crippen LogP contribution >= 0.6 is 23.1 Å². The third-order valence-electron chi connectivity index (χ3n) is 4.15. The minimum atomic E-state index is -0.136. The van der Waals surface area contributed by atoms with E-state index in [1.165, 1.54) is 28.7 Å². The quantitative estimate of drug-likeness (QED) is 0.608. The van der Waals surface area contributed by atoms with E-state index in [4.69, 9.17) is 0 Å². The number of benzene rings is 1. The molecule has 0 radical (unpaired) electrons. The fourth-order valence-corrected chi connectivity index (χ4v) is 4.06. The van der Waals surface area contributed by atoms with Crippen LogP contribution in [0.1, 0.15) is 38.3 Å². The molecule has 0 atom stereocenters. The van der Waals surface area contributed by atoms with Gasteiger partial charge in [0.2, 0.25) is 11.0 Å². The number of hydrogen-bond acceptors (Lipinski definition) is 7. The highest BCUT2D eigenvalue weighted by Crippen LogP contribution is 2.27. The van der Waals surface area contributed by atoms with Crippen molar-refractivity contribution in [3.8, 4) is 11.4 Å². The average Bonchev–Trinajstić information content (AvgIpc) is 3.25. The van der Waals surface area contributed by atoms with Crippen molar-refractivity contribution in [3.05, 3.63) is 34.8 Å². The maximum absolute atomic E-state index is 12.2. The molecule has 1 aromatic carbocycles. The van der Waals surface area contributed by atoms with Gasteiger partial charge in [-0.2, -0.15) is 0 Å². The van der Waals surface area contributed by atoms with Crippen LogP contribution in [0.15, 0.2) is 29.4 Å². The topological polar surface area (TPSA) is 85.6 Å². The van der Waals surface area contributed by atoms with E-state index in [9.17, 15) is 4.79 Å². The predicted octanol–water partition coefficient (Wildman–Crippen LogP) is 4.15. The Balaban J connectivity index is 1.70. The van der Waals surface area contributed by atoms with Gasteiger partial charge in [-0.15, -0.1) is 20.4 Å². The first-order chi connectivity index (χ1) is 13.3. The number of thioether (sulfide) groups is 1. The van der Waals surface area contributed by atoms with Gasteiger partial charge in [0.15, 0.2) is 11.0 Å². The van der Waals surface area contributed by atoms with E-state index < -0.39 is 0 Å². The Morgan fingerprint density at radius 3 is 2.43 bits per heavy atom. The van der Waals surface area contributed by atoms with Crippen molar-refractivity contribution >= 4 is 34.1 Å². The Kier molecular flexibility index (Phi) is 6.14. The van der Waals surface area contributed by atoms with Gasteiger partial charge in [-0.25, -0.2) is 0 Å². The highest BCUT2D eigenvalue weighted by atomic mass is 32.2. The summed E-state index contributed by atoms with van der Waals surface area (Å²) in [7, 11) is 0. The molecule has 148 valence electrons. The van der Waals surface area contributed by atoms with Gasteiger partial charge in [0.1, 0.15) is 5.01 Å². The molecule has 28 heavy (non-hydrogen) atoms. The zero-order valence-corrected chi connectivity index (χ0v) is 18.3. The lowest BCUT2D eigenvalue weighted by Gasteiger charge is -2.19. The molecule has 0 unspecified atom stereocenters. The van der Waals surface area contributed by atoms with E-state index in [0.29, 0.717) is 5.13 Å². The number of rotatable bonds is 6. The van der Waals surface area contributed by atoms with Crippen LogP contribution in [0.2, 0.25) is 0 Å². The molecule has 0 saturated carbocycles. The largest absolute Gasteiger partial charge is 0.302 e. The van der Waals surface area contributed by atoms with E-state index >= 15 is 0 Å². The normalized spacial score (nSPS) is 11.6. The van der Waals surface area contributed by atoms with E-state index in [0.717, 1.165) is 28.1 Å². The molecule has 2 aromatic heterocycles. The van der Waals surface area contributed by atoms with E-state index in [-0.39, 0.29) is 17.1 Å². The summed E-state index contributed by atoms with van der Waals surface area (Å²) in [5.41, 5.74) is 2.40. The van der Waals surface area contributed by atoms with Gasteiger partial charge in [0.05, 0.1) is 5.75 Å². The molecule has 9 heteroatoms. The number of nitrogens with zero attached hydrogens (tertiary/aromatic N) is 5. The molecule has 0 saturated heterocycles. The molecular formula is C19H24N6OS2. The van der Waals surface area contributed by atoms with Crippen LogP contribution in [0, 0.1) is 6.92 Å². The molecule has 3 aromatic rings. The fraction of sp³-hybridized carbons (Fsp3) is 0.421. The third-order valence-corrected chi connectivity index (χ3v) is 5.87. The molecule has 0 fully saturated rings. The predicted molar refractivity (Wildman–Crippen MR) is 114 cm³/mol. The standard InChI is InChI=1S/C19H24N6OS2/c1-6-25-16(13-7-9-14(10-8-13)19(3,4)5)22-24-18(25)27-11-15(26)20-17-23-21-12(2)28-17/h7-10H,6,11H2,1-5H3,(H,20,23,26). The lowest BCUT2D eigenvalue weighted by molar-refractivity contribution is -0.113. The number of carbonyl (C=O) groups excluding carboxylic acids is 1. The lowest BCUT2D eigenvalue weighted by atomic mass is 9.87. The van der Waals surface area contributed by atoms with Crippen LogP contribution in [-0.2, 0) is 16.8 Å². The number of aromatic nitrogens is 5. The molecule has 0 aliphatic carbocycles. The van der Waals surface area contributed by atoms with Gasteiger partial charge < -0.3 is 4.57 Å². The van der Waals surface area contributed by atoms with Gasteiger partial charge >= 0.3 is 0 Å². The van der Waals surface area contributed by atoms with Gasteiger partial charge in [-0.1, -0.05) is 68.1 Å². The molecule has 2 heterocycles. The van der Waals surface area contributed by atoms with E-state index in [1.54, 1.807) is 0 Å². The Morgan fingerprint density at radius 2 is 1.86 bits per heavy atom. The Morgan fingerprint density at radius 1 is 1.14 bits per heavy atom. The van der Waals surface area contributed by atoms with Gasteiger partial charge in [-0.3, -0.25) is 10.1 Å². The Hall–Kier alpha value is -2.26. The minimum Gasteiger partial charge on any atom is -0.302 e. The highest BCUT2D eigenvalue weighted by Gasteiger charge is 2.17. The number of amides is 1. The van der Waals surface area contributed by atoms with Crippen molar-refractivity contribution in [1.82, 2.24) is 25.0 Å². The maximum Gasteiger partial charge on any atom is 0.236 e. The first kappa shape index (κ1) is 20.5. The van der Waals surface area contributed by atoms with Crippen molar-refractivity contribution in [1.29, 1.82) is 0 Å². The van der Waals surface area contributed by atoms with E-state index in [1.807, 2.05) is 18.4 Å².